The van der Waals surface area contributed by atoms with Crippen LogP contribution in [0.3, 0.4) is 0 Å². The average molecular weight is 318 g/mol. The predicted molar refractivity (Wildman–Crippen MR) is 91.0 cm³/mol. The number of rotatable bonds is 9. The fourth-order valence-electron chi connectivity index (χ4n) is 2.01. The molecule has 0 aliphatic heterocycles. The first-order valence-electron chi connectivity index (χ1n) is 7.93. The van der Waals surface area contributed by atoms with Gasteiger partial charge >= 0.3 is 5.97 Å². The molecule has 0 aliphatic carbocycles. The van der Waals surface area contributed by atoms with Gasteiger partial charge in [0.15, 0.2) is 0 Å². The molecule has 1 aromatic rings. The highest BCUT2D eigenvalue weighted by molar-refractivity contribution is 5.69. The number of esters is 1. The molecule has 0 aromatic heterocycles. The lowest BCUT2D eigenvalue weighted by Gasteiger charge is -2.06. The van der Waals surface area contributed by atoms with Crippen molar-refractivity contribution in [3.05, 3.63) is 59.7 Å². The van der Waals surface area contributed by atoms with Crippen LogP contribution in [0.1, 0.15) is 30.9 Å². The molecule has 1 rings (SSSR count). The van der Waals surface area contributed by atoms with Crippen LogP contribution in [0.15, 0.2) is 48.6 Å². The van der Waals surface area contributed by atoms with Gasteiger partial charge in [0.1, 0.15) is 0 Å². The van der Waals surface area contributed by atoms with Gasteiger partial charge in [0, 0.05) is 12.8 Å². The Kier molecular flexibility index (Phi) is 8.95. The minimum atomic E-state index is -0.696. The van der Waals surface area contributed by atoms with Gasteiger partial charge in [-0.3, -0.25) is 4.79 Å². The summed E-state index contributed by atoms with van der Waals surface area (Å²) < 4.78 is 4.79. The molecule has 1 aromatic carbocycles. The quantitative estimate of drug-likeness (QED) is 0.543. The number of ether oxygens (including phenoxy) is 1. The highest BCUT2D eigenvalue weighted by atomic mass is 16.5. The molecule has 23 heavy (non-hydrogen) atoms. The van der Waals surface area contributed by atoms with Crippen LogP contribution in [0.5, 0.6) is 0 Å². The number of hydrogen-bond acceptors (Lipinski definition) is 4. The van der Waals surface area contributed by atoms with Crippen LogP contribution in [0.25, 0.3) is 0 Å². The Morgan fingerprint density at radius 3 is 2.35 bits per heavy atom. The van der Waals surface area contributed by atoms with Gasteiger partial charge in [-0.15, -0.1) is 0 Å². The highest BCUT2D eigenvalue weighted by Gasteiger charge is 2.05. The van der Waals surface area contributed by atoms with Crippen LogP contribution in [-0.2, 0) is 16.0 Å². The molecule has 2 atom stereocenters. The Morgan fingerprint density at radius 2 is 1.74 bits per heavy atom. The van der Waals surface area contributed by atoms with E-state index in [0.29, 0.717) is 19.4 Å². The number of allylic oxidation sites excluding steroid dienone is 2. The van der Waals surface area contributed by atoms with E-state index in [2.05, 4.69) is 0 Å². The monoisotopic (exact) mass is 318 g/mol. The maximum Gasteiger partial charge on any atom is 0.305 e. The first-order chi connectivity index (χ1) is 11.0. The molecule has 2 N–H and O–H groups in total. The van der Waals surface area contributed by atoms with Crippen molar-refractivity contribution in [3.8, 4) is 0 Å². The number of aliphatic hydroxyl groups is 2. The molecule has 0 aliphatic rings. The summed E-state index contributed by atoms with van der Waals surface area (Å²) >= 11 is 0. The number of hydrogen-bond donors (Lipinski definition) is 2. The van der Waals surface area contributed by atoms with Gasteiger partial charge in [-0.05, 0) is 25.8 Å². The van der Waals surface area contributed by atoms with Crippen molar-refractivity contribution in [3.63, 3.8) is 0 Å². The van der Waals surface area contributed by atoms with E-state index in [1.54, 1.807) is 31.2 Å². The lowest BCUT2D eigenvalue weighted by Crippen LogP contribution is -2.09. The number of aryl methyl sites for hydroxylation is 1. The topological polar surface area (TPSA) is 66.8 Å². The van der Waals surface area contributed by atoms with E-state index in [1.807, 2.05) is 31.2 Å². The van der Waals surface area contributed by atoms with Crippen LogP contribution in [0.4, 0.5) is 0 Å². The molecule has 4 nitrogen and oxygen atoms in total. The fraction of sp³-hybridized carbons (Fsp3) is 0.421. The van der Waals surface area contributed by atoms with Gasteiger partial charge in [-0.25, -0.2) is 0 Å². The van der Waals surface area contributed by atoms with E-state index in [0.717, 1.165) is 5.56 Å². The molecule has 0 spiro atoms. The Hall–Kier alpha value is -1.91. The summed E-state index contributed by atoms with van der Waals surface area (Å²) in [5.41, 5.74) is 2.27. The van der Waals surface area contributed by atoms with Gasteiger partial charge in [-0.2, -0.15) is 0 Å². The Morgan fingerprint density at radius 1 is 1.13 bits per heavy atom. The van der Waals surface area contributed by atoms with Gasteiger partial charge in [0.25, 0.3) is 0 Å². The second kappa shape index (κ2) is 10.8. The van der Waals surface area contributed by atoms with Crippen LogP contribution in [-0.4, -0.2) is 35.0 Å². The predicted octanol–water partition coefficient (Wildman–Crippen LogP) is 2.72. The Bertz CT molecular complexity index is 517. The van der Waals surface area contributed by atoms with Crippen LogP contribution in [0, 0.1) is 6.92 Å². The van der Waals surface area contributed by atoms with Gasteiger partial charge in [0.05, 0.1) is 18.8 Å². The highest BCUT2D eigenvalue weighted by Crippen LogP contribution is 2.07. The Balaban J connectivity index is 2.30. The second-order valence-electron chi connectivity index (χ2n) is 5.44. The van der Waals surface area contributed by atoms with Gasteiger partial charge in [-0.1, -0.05) is 54.1 Å². The summed E-state index contributed by atoms with van der Waals surface area (Å²) in [4.78, 5) is 11.2. The summed E-state index contributed by atoms with van der Waals surface area (Å²) in [6.07, 6.45) is 6.45. The molecule has 0 fully saturated rings. The molecule has 0 bridgehead atoms. The fourth-order valence-corrected chi connectivity index (χ4v) is 2.01. The van der Waals surface area contributed by atoms with Crippen molar-refractivity contribution in [2.24, 2.45) is 0 Å². The summed E-state index contributed by atoms with van der Waals surface area (Å²) in [7, 11) is 0. The number of carbonyl (C=O) groups is 1. The molecule has 0 saturated heterocycles. The van der Waals surface area contributed by atoms with Crippen molar-refractivity contribution in [2.45, 2.75) is 45.3 Å². The maximum atomic E-state index is 11.2. The third-order valence-corrected chi connectivity index (χ3v) is 3.29. The summed E-state index contributed by atoms with van der Waals surface area (Å²) in [6, 6.07) is 8.04. The Labute approximate surface area is 138 Å². The minimum absolute atomic E-state index is 0.194. The third kappa shape index (κ3) is 8.96. The van der Waals surface area contributed by atoms with Crippen LogP contribution >= 0.6 is 0 Å². The molecule has 0 amide bonds. The largest absolute Gasteiger partial charge is 0.466 e. The molecule has 0 saturated carbocycles. The van der Waals surface area contributed by atoms with E-state index in [9.17, 15) is 15.0 Å². The molecule has 0 unspecified atom stereocenters. The van der Waals surface area contributed by atoms with Crippen LogP contribution < -0.4 is 0 Å². The number of carbonyl (C=O) groups excluding carboxylic acids is 1. The lowest BCUT2D eigenvalue weighted by molar-refractivity contribution is -0.143. The SMILES string of the molecule is CCOC(=O)CC[C@H](O)/C=C/C=C/[C@H](O)Cc1ccc(C)cc1. The van der Waals surface area contributed by atoms with E-state index in [-0.39, 0.29) is 12.4 Å². The molecular weight excluding hydrogens is 292 g/mol. The van der Waals surface area contributed by atoms with Crippen molar-refractivity contribution in [2.75, 3.05) is 6.61 Å². The zero-order valence-corrected chi connectivity index (χ0v) is 13.8. The van der Waals surface area contributed by atoms with E-state index in [4.69, 9.17) is 4.74 Å². The summed E-state index contributed by atoms with van der Waals surface area (Å²) in [5.74, 6) is -0.302. The summed E-state index contributed by atoms with van der Waals surface area (Å²) in [5, 5.41) is 19.6. The normalized spacial score (nSPS) is 14.3. The maximum absolute atomic E-state index is 11.2. The zero-order valence-electron chi connectivity index (χ0n) is 13.8. The lowest BCUT2D eigenvalue weighted by atomic mass is 10.1. The van der Waals surface area contributed by atoms with E-state index < -0.39 is 12.2 Å². The first kappa shape index (κ1) is 19.1. The zero-order chi connectivity index (χ0) is 17.1. The van der Waals surface area contributed by atoms with Crippen molar-refractivity contribution in [1.29, 1.82) is 0 Å². The minimum Gasteiger partial charge on any atom is -0.466 e. The molecule has 126 valence electrons. The molecule has 4 heteroatoms. The number of benzene rings is 1. The number of aliphatic hydroxyl groups excluding tert-OH is 2. The van der Waals surface area contributed by atoms with E-state index >= 15 is 0 Å². The smallest absolute Gasteiger partial charge is 0.305 e. The molecule has 0 heterocycles. The first-order valence-corrected chi connectivity index (χ1v) is 7.93. The van der Waals surface area contributed by atoms with Crippen molar-refractivity contribution < 1.29 is 19.7 Å². The second-order valence-corrected chi connectivity index (χ2v) is 5.44. The van der Waals surface area contributed by atoms with Crippen molar-refractivity contribution in [1.82, 2.24) is 0 Å². The van der Waals surface area contributed by atoms with Crippen LogP contribution in [0.2, 0.25) is 0 Å². The van der Waals surface area contributed by atoms with Gasteiger partial charge in [0.2, 0.25) is 0 Å². The molecule has 0 radical (unpaired) electrons. The third-order valence-electron chi connectivity index (χ3n) is 3.29. The van der Waals surface area contributed by atoms with Crippen molar-refractivity contribution >= 4 is 5.97 Å². The molecular formula is C19H26O4. The van der Waals surface area contributed by atoms with E-state index in [1.165, 1.54) is 5.56 Å². The average Bonchev–Trinajstić information content (AvgIpc) is 2.52. The van der Waals surface area contributed by atoms with Gasteiger partial charge < -0.3 is 14.9 Å². The standard InChI is InChI=1S/C19H26O4/c1-3-23-19(22)13-12-17(20)6-4-5-7-18(21)14-16-10-8-15(2)9-11-16/h4-11,17-18,20-21H,3,12-14H2,1-2H3/b6-4+,7-5+/t17-,18+/m1/s1. The summed E-state index contributed by atoms with van der Waals surface area (Å²) in [6.45, 7) is 4.13.